The Hall–Kier alpha value is 0.01000. The van der Waals surface area contributed by atoms with Crippen LogP contribution in [0.15, 0.2) is 11.6 Å². The molecule has 0 amide bonds. The van der Waals surface area contributed by atoms with Crippen molar-refractivity contribution in [1.82, 2.24) is 4.31 Å². The van der Waals surface area contributed by atoms with Gasteiger partial charge in [-0.25, -0.2) is 4.31 Å². The van der Waals surface area contributed by atoms with Crippen LogP contribution in [0.4, 0.5) is 0 Å². The van der Waals surface area contributed by atoms with E-state index >= 15 is 0 Å². The van der Waals surface area contributed by atoms with Crippen LogP contribution < -0.4 is 0 Å². The molecule has 0 radical (unpaired) electrons. The average Bonchev–Trinajstić information content (AvgIpc) is 3.16. The van der Waals surface area contributed by atoms with Crippen LogP contribution in [-0.4, -0.2) is 35.9 Å². The van der Waals surface area contributed by atoms with Gasteiger partial charge in [-0.2, -0.15) is 0 Å². The van der Waals surface area contributed by atoms with E-state index in [1.165, 1.54) is 70.6 Å². The van der Waals surface area contributed by atoms with E-state index in [9.17, 15) is 0 Å². The summed E-state index contributed by atoms with van der Waals surface area (Å²) >= 11 is 2.18. The molecule has 0 aromatic carbocycles. The zero-order valence-corrected chi connectivity index (χ0v) is 23.8. The van der Waals surface area contributed by atoms with Crippen molar-refractivity contribution in [1.29, 1.82) is 0 Å². The van der Waals surface area contributed by atoms with E-state index in [1.807, 2.05) is 5.57 Å². The highest BCUT2D eigenvalue weighted by Gasteiger charge is 2.59. The molecule has 3 saturated carbocycles. The molecule has 0 bridgehead atoms. The van der Waals surface area contributed by atoms with Gasteiger partial charge < -0.3 is 4.74 Å². The highest BCUT2D eigenvalue weighted by molar-refractivity contribution is 7.97. The normalized spacial score (nSPS) is 43.7. The molecule has 0 aromatic rings. The predicted molar refractivity (Wildman–Crippen MR) is 147 cm³/mol. The van der Waals surface area contributed by atoms with E-state index in [1.54, 1.807) is 0 Å². The highest BCUT2D eigenvalue weighted by atomic mass is 32.2. The Morgan fingerprint density at radius 3 is 2.56 bits per heavy atom. The number of hydrogen-bond acceptors (Lipinski definition) is 3. The van der Waals surface area contributed by atoms with Crippen molar-refractivity contribution in [2.75, 3.05) is 26.3 Å². The third-order valence-electron chi connectivity index (χ3n) is 11.5. The largest absolute Gasteiger partial charge is 0.379 e. The van der Waals surface area contributed by atoms with Crippen molar-refractivity contribution in [3.05, 3.63) is 11.6 Å². The maximum atomic E-state index is 5.62. The van der Waals surface area contributed by atoms with Crippen molar-refractivity contribution in [2.45, 2.75) is 110 Å². The van der Waals surface area contributed by atoms with E-state index in [4.69, 9.17) is 4.74 Å². The number of rotatable bonds is 7. The first-order valence-corrected chi connectivity index (χ1v) is 15.9. The summed E-state index contributed by atoms with van der Waals surface area (Å²) in [5.74, 6) is 5.62. The molecule has 2 nitrogen and oxygen atoms in total. The Bertz CT molecular complexity index is 729. The fourth-order valence-electron chi connectivity index (χ4n) is 9.72. The minimum Gasteiger partial charge on any atom is -0.379 e. The maximum Gasteiger partial charge on any atom is 0.0603 e. The fraction of sp³-hybridized carbons (Fsp3) is 0.935. The SMILES string of the molecule is CC(C)CCC[C@@H](C)[C@H]1CC[C@H]2[C@@H]3CC=C4C(SN5CCOCC5)CCC[C@]4(C)[C@H]3CC[C@]12C. The number of nitrogens with zero attached hydrogens (tertiary/aromatic N) is 1. The molecule has 0 N–H and O–H groups in total. The van der Waals surface area contributed by atoms with Gasteiger partial charge in [-0.05, 0) is 91.3 Å². The number of fused-ring (bicyclic) bond motifs is 5. The molecule has 4 aliphatic carbocycles. The topological polar surface area (TPSA) is 12.5 Å². The molecule has 194 valence electrons. The standard InChI is InChI=1S/C31H53NOS/c1-22(2)8-6-9-23(3)25-13-14-26-24-11-12-28-29(34-32-18-20-33-21-19-32)10-7-16-30(28,4)27(24)15-17-31(25,26)5/h12,22-27,29H,6-11,13-21H2,1-5H3/t23-,24+,25-,26+,27+,29?,30-,31-/m1/s1. The smallest absolute Gasteiger partial charge is 0.0603 e. The second-order valence-electron chi connectivity index (χ2n) is 13.7. The van der Waals surface area contributed by atoms with Crippen LogP contribution in [0.25, 0.3) is 0 Å². The number of allylic oxidation sites excluding steroid dienone is 1. The molecule has 3 heteroatoms. The van der Waals surface area contributed by atoms with E-state index in [2.05, 4.69) is 56.9 Å². The van der Waals surface area contributed by atoms with Crippen LogP contribution in [0.2, 0.25) is 0 Å². The fourth-order valence-corrected chi connectivity index (χ4v) is 11.2. The van der Waals surface area contributed by atoms with Gasteiger partial charge in [0.1, 0.15) is 0 Å². The lowest BCUT2D eigenvalue weighted by Gasteiger charge is -2.59. The Kier molecular flexibility index (Phi) is 7.85. The second-order valence-corrected chi connectivity index (χ2v) is 15.0. The molecule has 34 heavy (non-hydrogen) atoms. The summed E-state index contributed by atoms with van der Waals surface area (Å²) in [4.78, 5) is 0. The van der Waals surface area contributed by atoms with E-state index in [0.717, 1.165) is 67.1 Å². The Morgan fingerprint density at radius 1 is 1.00 bits per heavy atom. The lowest BCUT2D eigenvalue weighted by molar-refractivity contribution is -0.0497. The molecule has 8 atom stereocenters. The van der Waals surface area contributed by atoms with Crippen molar-refractivity contribution >= 4 is 11.9 Å². The maximum absolute atomic E-state index is 5.62. The zero-order chi connectivity index (χ0) is 23.9. The number of morpholine rings is 1. The van der Waals surface area contributed by atoms with Crippen LogP contribution in [0.1, 0.15) is 105 Å². The average molecular weight is 488 g/mol. The van der Waals surface area contributed by atoms with E-state index < -0.39 is 0 Å². The van der Waals surface area contributed by atoms with Crippen molar-refractivity contribution < 1.29 is 4.74 Å². The quantitative estimate of drug-likeness (QED) is 0.264. The molecule has 0 aromatic heterocycles. The summed E-state index contributed by atoms with van der Waals surface area (Å²) in [7, 11) is 0. The summed E-state index contributed by atoms with van der Waals surface area (Å²) in [6.45, 7) is 16.9. The first-order chi connectivity index (χ1) is 16.3. The first-order valence-electron chi connectivity index (χ1n) is 15.0. The summed E-state index contributed by atoms with van der Waals surface area (Å²) in [5, 5.41) is 0.725. The monoisotopic (exact) mass is 487 g/mol. The molecular weight excluding hydrogens is 434 g/mol. The zero-order valence-electron chi connectivity index (χ0n) is 23.0. The van der Waals surface area contributed by atoms with Gasteiger partial charge in [-0.1, -0.05) is 83.9 Å². The van der Waals surface area contributed by atoms with Gasteiger partial charge in [0, 0.05) is 18.3 Å². The summed E-state index contributed by atoms with van der Waals surface area (Å²) in [6.07, 6.45) is 18.8. The Morgan fingerprint density at radius 2 is 1.79 bits per heavy atom. The molecule has 1 heterocycles. The highest BCUT2D eigenvalue weighted by Crippen LogP contribution is 2.68. The molecule has 0 spiro atoms. The minimum atomic E-state index is 0.466. The van der Waals surface area contributed by atoms with Crippen LogP contribution in [0, 0.1) is 46.3 Å². The number of ether oxygens (including phenoxy) is 1. The molecule has 1 saturated heterocycles. The molecule has 5 rings (SSSR count). The van der Waals surface area contributed by atoms with Gasteiger partial charge in [-0.3, -0.25) is 0 Å². The summed E-state index contributed by atoms with van der Waals surface area (Å²) in [6, 6.07) is 0. The van der Waals surface area contributed by atoms with Gasteiger partial charge in [0.15, 0.2) is 0 Å². The van der Waals surface area contributed by atoms with E-state index in [0.29, 0.717) is 10.8 Å². The van der Waals surface area contributed by atoms with Crippen LogP contribution >= 0.6 is 11.9 Å². The summed E-state index contributed by atoms with van der Waals surface area (Å²) in [5.41, 5.74) is 2.93. The predicted octanol–water partition coefficient (Wildman–Crippen LogP) is 8.38. The van der Waals surface area contributed by atoms with Gasteiger partial charge in [0.2, 0.25) is 0 Å². The van der Waals surface area contributed by atoms with E-state index in [-0.39, 0.29) is 0 Å². The van der Waals surface area contributed by atoms with Gasteiger partial charge in [-0.15, -0.1) is 0 Å². The van der Waals surface area contributed by atoms with Gasteiger partial charge >= 0.3 is 0 Å². The molecular formula is C31H53NOS. The third kappa shape index (κ3) is 4.69. The Labute approximate surface area is 215 Å². The van der Waals surface area contributed by atoms with Crippen molar-refractivity contribution in [3.8, 4) is 0 Å². The second kappa shape index (κ2) is 10.4. The van der Waals surface area contributed by atoms with Crippen LogP contribution in [0.3, 0.4) is 0 Å². The van der Waals surface area contributed by atoms with Gasteiger partial charge in [0.05, 0.1) is 13.2 Å². The first kappa shape index (κ1) is 25.7. The molecule has 1 aliphatic heterocycles. The summed E-state index contributed by atoms with van der Waals surface area (Å²) < 4.78 is 8.24. The van der Waals surface area contributed by atoms with Crippen molar-refractivity contribution in [3.63, 3.8) is 0 Å². The molecule has 4 fully saturated rings. The van der Waals surface area contributed by atoms with Crippen LogP contribution in [0.5, 0.6) is 0 Å². The number of hydrogen-bond donors (Lipinski definition) is 0. The lowest BCUT2D eigenvalue weighted by atomic mass is 9.47. The lowest BCUT2D eigenvalue weighted by Crippen LogP contribution is -2.51. The molecule has 5 aliphatic rings. The van der Waals surface area contributed by atoms with Gasteiger partial charge in [0.25, 0.3) is 0 Å². The third-order valence-corrected chi connectivity index (χ3v) is 12.9. The molecule has 1 unspecified atom stereocenters. The Balaban J connectivity index is 1.30. The van der Waals surface area contributed by atoms with Crippen molar-refractivity contribution in [2.24, 2.45) is 46.3 Å². The minimum absolute atomic E-state index is 0.466. The van der Waals surface area contributed by atoms with Crippen LogP contribution in [-0.2, 0) is 4.74 Å².